The minimum atomic E-state index is 0.485. The first-order chi connectivity index (χ1) is 4.47. The first-order valence-corrected chi connectivity index (χ1v) is 3.72. The number of hydrogen-bond acceptors (Lipinski definition) is 2. The van der Waals surface area contributed by atoms with Crippen molar-refractivity contribution in [2.75, 3.05) is 6.54 Å². The van der Waals surface area contributed by atoms with Crippen LogP contribution in [0.4, 0.5) is 0 Å². The van der Waals surface area contributed by atoms with Crippen LogP contribution in [0.15, 0.2) is 4.99 Å². The molecule has 2 rings (SSSR count). The standard InChI is InChI=1S/C7H12N2/c1-2-6-3-5-9-7(6)8-4-1/h5-8H,1-4H2/t6-,7+/m0/s1. The second-order valence-corrected chi connectivity index (χ2v) is 2.87. The van der Waals surface area contributed by atoms with Gasteiger partial charge in [0, 0.05) is 6.21 Å². The van der Waals surface area contributed by atoms with Crippen LogP contribution in [-0.2, 0) is 0 Å². The maximum atomic E-state index is 4.32. The summed E-state index contributed by atoms with van der Waals surface area (Å²) >= 11 is 0. The summed E-state index contributed by atoms with van der Waals surface area (Å²) in [5.74, 6) is 0.832. The smallest absolute Gasteiger partial charge is 0.102 e. The molecular weight excluding hydrogens is 112 g/mol. The quantitative estimate of drug-likeness (QED) is 0.507. The summed E-state index contributed by atoms with van der Waals surface area (Å²) in [5.41, 5.74) is 0. The second kappa shape index (κ2) is 2.10. The molecule has 2 aliphatic heterocycles. The first kappa shape index (κ1) is 5.42. The third-order valence-corrected chi connectivity index (χ3v) is 2.23. The predicted octanol–water partition coefficient (Wildman–Crippen LogP) is 0.787. The van der Waals surface area contributed by atoms with Gasteiger partial charge in [-0.05, 0) is 31.7 Å². The van der Waals surface area contributed by atoms with Gasteiger partial charge in [-0.2, -0.15) is 0 Å². The number of aliphatic imine (C=N–C) groups is 1. The molecule has 0 saturated carbocycles. The average molecular weight is 124 g/mol. The van der Waals surface area contributed by atoms with Crippen molar-refractivity contribution in [1.29, 1.82) is 0 Å². The predicted molar refractivity (Wildman–Crippen MR) is 37.6 cm³/mol. The Morgan fingerprint density at radius 2 is 2.56 bits per heavy atom. The number of piperidine rings is 1. The summed E-state index contributed by atoms with van der Waals surface area (Å²) in [7, 11) is 0. The van der Waals surface area contributed by atoms with Crippen LogP contribution in [0.25, 0.3) is 0 Å². The van der Waals surface area contributed by atoms with Crippen molar-refractivity contribution < 1.29 is 0 Å². The minimum absolute atomic E-state index is 0.485. The second-order valence-electron chi connectivity index (χ2n) is 2.87. The van der Waals surface area contributed by atoms with Crippen LogP contribution in [-0.4, -0.2) is 18.9 Å². The zero-order valence-corrected chi connectivity index (χ0v) is 5.51. The molecule has 1 saturated heterocycles. The molecule has 50 valence electrons. The van der Waals surface area contributed by atoms with Crippen LogP contribution in [0.1, 0.15) is 19.3 Å². The molecule has 0 bridgehead atoms. The number of nitrogens with zero attached hydrogens (tertiary/aromatic N) is 1. The molecule has 0 unspecified atom stereocenters. The van der Waals surface area contributed by atoms with Gasteiger partial charge in [-0.15, -0.1) is 0 Å². The van der Waals surface area contributed by atoms with E-state index >= 15 is 0 Å². The Hall–Kier alpha value is -0.370. The van der Waals surface area contributed by atoms with E-state index in [1.54, 1.807) is 0 Å². The van der Waals surface area contributed by atoms with Crippen LogP contribution in [0.2, 0.25) is 0 Å². The molecule has 2 aliphatic rings. The number of hydrogen-bond donors (Lipinski definition) is 1. The van der Waals surface area contributed by atoms with Crippen LogP contribution < -0.4 is 5.32 Å². The van der Waals surface area contributed by atoms with Gasteiger partial charge in [0.2, 0.25) is 0 Å². The molecular formula is C7H12N2. The highest BCUT2D eigenvalue weighted by Crippen LogP contribution is 2.23. The molecule has 0 aromatic rings. The monoisotopic (exact) mass is 124 g/mol. The Morgan fingerprint density at radius 3 is 3.44 bits per heavy atom. The fourth-order valence-electron chi connectivity index (χ4n) is 1.67. The third-order valence-electron chi connectivity index (χ3n) is 2.23. The van der Waals surface area contributed by atoms with Gasteiger partial charge >= 0.3 is 0 Å². The molecule has 0 aromatic heterocycles. The van der Waals surface area contributed by atoms with Crippen molar-refractivity contribution in [3.05, 3.63) is 0 Å². The lowest BCUT2D eigenvalue weighted by Crippen LogP contribution is -2.37. The van der Waals surface area contributed by atoms with E-state index < -0.39 is 0 Å². The minimum Gasteiger partial charge on any atom is -0.296 e. The topological polar surface area (TPSA) is 24.4 Å². The van der Waals surface area contributed by atoms with Gasteiger partial charge in [-0.25, -0.2) is 0 Å². The number of rotatable bonds is 0. The first-order valence-electron chi connectivity index (χ1n) is 3.72. The summed E-state index contributed by atoms with van der Waals surface area (Å²) in [6.07, 6.45) is 6.46. The van der Waals surface area contributed by atoms with Gasteiger partial charge in [0.15, 0.2) is 0 Å². The van der Waals surface area contributed by atoms with Gasteiger partial charge in [0.1, 0.15) is 6.17 Å². The van der Waals surface area contributed by atoms with Gasteiger partial charge in [-0.1, -0.05) is 0 Å². The van der Waals surface area contributed by atoms with Gasteiger partial charge in [0.05, 0.1) is 0 Å². The van der Waals surface area contributed by atoms with Crippen molar-refractivity contribution in [2.45, 2.75) is 25.4 Å². The third kappa shape index (κ3) is 0.874. The fourth-order valence-corrected chi connectivity index (χ4v) is 1.67. The molecule has 9 heavy (non-hydrogen) atoms. The van der Waals surface area contributed by atoms with E-state index in [0.29, 0.717) is 6.17 Å². The SMILES string of the molecule is C1=N[C@H]2NCCC[C@H]2C1. The molecule has 2 atom stereocenters. The van der Waals surface area contributed by atoms with Gasteiger partial charge in [-0.3, -0.25) is 10.3 Å². The van der Waals surface area contributed by atoms with E-state index in [4.69, 9.17) is 0 Å². The van der Waals surface area contributed by atoms with Crippen LogP contribution in [0.3, 0.4) is 0 Å². The number of nitrogens with one attached hydrogen (secondary N) is 1. The lowest BCUT2D eigenvalue weighted by Gasteiger charge is -2.24. The van der Waals surface area contributed by atoms with Crippen LogP contribution in [0.5, 0.6) is 0 Å². The van der Waals surface area contributed by atoms with Gasteiger partial charge < -0.3 is 0 Å². The van der Waals surface area contributed by atoms with Crippen LogP contribution >= 0.6 is 0 Å². The lowest BCUT2D eigenvalue weighted by atomic mass is 9.96. The summed E-state index contributed by atoms with van der Waals surface area (Å²) in [6.45, 7) is 1.17. The van der Waals surface area contributed by atoms with E-state index in [2.05, 4.69) is 16.5 Å². The van der Waals surface area contributed by atoms with E-state index in [1.807, 2.05) is 0 Å². The molecule has 0 spiro atoms. The fraction of sp³-hybridized carbons (Fsp3) is 0.857. The molecule has 2 heteroatoms. The Labute approximate surface area is 55.4 Å². The van der Waals surface area contributed by atoms with Crippen molar-refractivity contribution in [3.8, 4) is 0 Å². The van der Waals surface area contributed by atoms with Gasteiger partial charge in [0.25, 0.3) is 0 Å². The lowest BCUT2D eigenvalue weighted by molar-refractivity contribution is 0.314. The van der Waals surface area contributed by atoms with E-state index in [-0.39, 0.29) is 0 Å². The van der Waals surface area contributed by atoms with E-state index in [1.165, 1.54) is 25.8 Å². The Bertz CT molecular complexity index is 131. The van der Waals surface area contributed by atoms with E-state index in [9.17, 15) is 0 Å². The Balaban J connectivity index is 2.03. The summed E-state index contributed by atoms with van der Waals surface area (Å²) < 4.78 is 0. The van der Waals surface area contributed by atoms with Crippen LogP contribution in [0, 0.1) is 5.92 Å². The van der Waals surface area contributed by atoms with Crippen molar-refractivity contribution in [2.24, 2.45) is 10.9 Å². The maximum Gasteiger partial charge on any atom is 0.102 e. The Morgan fingerprint density at radius 1 is 1.56 bits per heavy atom. The van der Waals surface area contributed by atoms with Crippen molar-refractivity contribution in [1.82, 2.24) is 5.32 Å². The highest BCUT2D eigenvalue weighted by Gasteiger charge is 2.25. The summed E-state index contributed by atoms with van der Waals surface area (Å²) in [5, 5.41) is 3.38. The molecule has 0 amide bonds. The normalized spacial score (nSPS) is 40.9. The highest BCUT2D eigenvalue weighted by molar-refractivity contribution is 5.60. The molecule has 1 fully saturated rings. The van der Waals surface area contributed by atoms with Crippen molar-refractivity contribution >= 4 is 6.21 Å². The molecule has 1 N–H and O–H groups in total. The molecule has 0 aliphatic carbocycles. The molecule has 0 radical (unpaired) electrons. The summed E-state index contributed by atoms with van der Waals surface area (Å²) in [6, 6.07) is 0. The summed E-state index contributed by atoms with van der Waals surface area (Å²) in [4.78, 5) is 4.32. The average Bonchev–Trinajstić information content (AvgIpc) is 2.33. The number of fused-ring (bicyclic) bond motifs is 1. The zero-order valence-electron chi connectivity index (χ0n) is 5.51. The van der Waals surface area contributed by atoms with E-state index in [0.717, 1.165) is 5.92 Å². The molecule has 0 aromatic carbocycles. The highest BCUT2D eigenvalue weighted by atomic mass is 15.1. The van der Waals surface area contributed by atoms with Crippen molar-refractivity contribution in [3.63, 3.8) is 0 Å². The Kier molecular flexibility index (Phi) is 1.27. The largest absolute Gasteiger partial charge is 0.296 e. The zero-order chi connectivity index (χ0) is 6.10. The molecule has 2 heterocycles. The maximum absolute atomic E-state index is 4.32. The molecule has 2 nitrogen and oxygen atoms in total.